The van der Waals surface area contributed by atoms with Gasteiger partial charge in [-0.2, -0.15) is 0 Å². The number of alkyl halides is 1. The highest BCUT2D eigenvalue weighted by Crippen LogP contribution is 2.24. The van der Waals surface area contributed by atoms with Crippen LogP contribution in [0.15, 0.2) is 54.6 Å². The highest BCUT2D eigenvalue weighted by molar-refractivity contribution is 5.78. The minimum atomic E-state index is -1.39. The number of hydrogen-bond acceptors (Lipinski definition) is 4. The molecular weight excluding hydrogens is 395 g/mol. The molecule has 0 aliphatic carbocycles. The molecule has 0 saturated carbocycles. The van der Waals surface area contributed by atoms with E-state index in [1.54, 1.807) is 7.11 Å². The lowest BCUT2D eigenvalue weighted by atomic mass is 9.88. The number of nitrogens with one attached hydrogen (secondary N) is 1. The first-order valence-electron chi connectivity index (χ1n) is 10.7. The second-order valence-corrected chi connectivity index (χ2v) is 8.68. The summed E-state index contributed by atoms with van der Waals surface area (Å²) in [4.78, 5) is 12.9. The van der Waals surface area contributed by atoms with Crippen molar-refractivity contribution in [3.8, 4) is 5.75 Å². The van der Waals surface area contributed by atoms with Crippen LogP contribution in [0, 0.1) is 5.92 Å². The van der Waals surface area contributed by atoms with Crippen LogP contribution < -0.4 is 15.8 Å². The van der Waals surface area contributed by atoms with Gasteiger partial charge in [0.25, 0.3) is 0 Å². The number of carbonyl (C=O) groups excluding carboxylic acids is 1. The van der Waals surface area contributed by atoms with Gasteiger partial charge >= 0.3 is 0 Å². The van der Waals surface area contributed by atoms with Crippen LogP contribution in [0.2, 0.25) is 0 Å². The largest absolute Gasteiger partial charge is 0.497 e. The quantitative estimate of drug-likeness (QED) is 0.478. The Balaban J connectivity index is 1.99. The molecule has 0 unspecified atom stereocenters. The summed E-state index contributed by atoms with van der Waals surface area (Å²) in [6.07, 6.45) is 0.395. The molecule has 0 bridgehead atoms. The first-order chi connectivity index (χ1) is 14.7. The Labute approximate surface area is 184 Å². The molecule has 0 aliphatic heterocycles. The lowest BCUT2D eigenvalue weighted by Crippen LogP contribution is -2.41. The highest BCUT2D eigenvalue weighted by atomic mass is 19.1. The molecule has 0 saturated heterocycles. The van der Waals surface area contributed by atoms with Gasteiger partial charge in [-0.3, -0.25) is 4.79 Å². The number of hydrogen-bond donors (Lipinski definition) is 3. The second-order valence-electron chi connectivity index (χ2n) is 8.68. The Bertz CT molecular complexity index is 808. The molecule has 2 aromatic carbocycles. The van der Waals surface area contributed by atoms with E-state index >= 15 is 0 Å². The van der Waals surface area contributed by atoms with E-state index in [4.69, 9.17) is 10.5 Å². The van der Waals surface area contributed by atoms with Crippen LogP contribution in [-0.4, -0.2) is 35.9 Å². The molecule has 2 aromatic rings. The monoisotopic (exact) mass is 430 g/mol. The van der Waals surface area contributed by atoms with Gasteiger partial charge in [0.1, 0.15) is 11.4 Å². The number of nitrogens with two attached hydrogens (primary N) is 1. The fourth-order valence-corrected chi connectivity index (χ4v) is 3.48. The molecule has 3 atom stereocenters. The summed E-state index contributed by atoms with van der Waals surface area (Å²) in [6.45, 7) is 3.32. The van der Waals surface area contributed by atoms with Crippen LogP contribution in [-0.2, 0) is 17.8 Å². The molecule has 0 heterocycles. The minimum absolute atomic E-state index is 0.189. The van der Waals surface area contributed by atoms with E-state index in [0.29, 0.717) is 25.1 Å². The molecule has 2 rings (SSSR count). The van der Waals surface area contributed by atoms with Crippen LogP contribution in [0.1, 0.15) is 44.2 Å². The van der Waals surface area contributed by atoms with E-state index in [0.717, 1.165) is 11.1 Å². The molecular formula is C25H35FN2O3. The summed E-state index contributed by atoms with van der Waals surface area (Å²) in [6, 6.07) is 16.6. The van der Waals surface area contributed by atoms with E-state index in [2.05, 4.69) is 5.32 Å². The minimum Gasteiger partial charge on any atom is -0.497 e. The van der Waals surface area contributed by atoms with Crippen molar-refractivity contribution in [2.45, 2.75) is 63.9 Å². The van der Waals surface area contributed by atoms with Crippen molar-refractivity contribution in [1.82, 2.24) is 5.32 Å². The maximum atomic E-state index is 14.1. The molecule has 0 fully saturated rings. The zero-order chi connectivity index (χ0) is 22.9. The van der Waals surface area contributed by atoms with Crippen molar-refractivity contribution in [1.29, 1.82) is 0 Å². The Kier molecular flexibility index (Phi) is 9.46. The topological polar surface area (TPSA) is 84.6 Å². The van der Waals surface area contributed by atoms with Gasteiger partial charge < -0.3 is 20.9 Å². The van der Waals surface area contributed by atoms with Crippen molar-refractivity contribution >= 4 is 5.91 Å². The predicted octanol–water partition coefficient (Wildman–Crippen LogP) is 3.78. The van der Waals surface area contributed by atoms with E-state index in [-0.39, 0.29) is 18.7 Å². The summed E-state index contributed by atoms with van der Waals surface area (Å²) in [5, 5.41) is 13.6. The zero-order valence-electron chi connectivity index (χ0n) is 18.7. The van der Waals surface area contributed by atoms with Crippen molar-refractivity contribution in [2.24, 2.45) is 11.7 Å². The van der Waals surface area contributed by atoms with Crippen LogP contribution in [0.3, 0.4) is 0 Å². The lowest BCUT2D eigenvalue weighted by Gasteiger charge is -2.25. The summed E-state index contributed by atoms with van der Waals surface area (Å²) < 4.78 is 19.3. The van der Waals surface area contributed by atoms with Crippen molar-refractivity contribution in [3.05, 3.63) is 65.7 Å². The van der Waals surface area contributed by atoms with Gasteiger partial charge in [-0.1, -0.05) is 42.5 Å². The van der Waals surface area contributed by atoms with Gasteiger partial charge in [0.15, 0.2) is 0 Å². The van der Waals surface area contributed by atoms with Crippen molar-refractivity contribution in [2.75, 3.05) is 7.11 Å². The third-order valence-electron chi connectivity index (χ3n) is 5.39. The van der Waals surface area contributed by atoms with E-state index in [1.807, 2.05) is 54.6 Å². The van der Waals surface area contributed by atoms with Crippen LogP contribution in [0.5, 0.6) is 5.75 Å². The third-order valence-corrected chi connectivity index (χ3v) is 5.39. The number of aliphatic hydroxyl groups is 1. The number of rotatable bonds is 12. The maximum absolute atomic E-state index is 14.1. The molecule has 0 aliphatic rings. The average Bonchev–Trinajstić information content (AvgIpc) is 2.75. The molecule has 5 nitrogen and oxygen atoms in total. The Morgan fingerprint density at radius 1 is 1.16 bits per heavy atom. The van der Waals surface area contributed by atoms with Crippen molar-refractivity contribution in [3.63, 3.8) is 0 Å². The molecule has 0 spiro atoms. The number of amides is 1. The SMILES string of the molecule is COc1cccc(CNC(=O)[C@H](CCC(C)(C)F)C[C@H](O)[C@@H](N)Cc2ccccc2)c1. The first-order valence-corrected chi connectivity index (χ1v) is 10.7. The normalized spacial score (nSPS) is 14.5. The molecule has 1 amide bonds. The third kappa shape index (κ3) is 9.07. The van der Waals surface area contributed by atoms with E-state index in [9.17, 15) is 14.3 Å². The predicted molar refractivity (Wildman–Crippen MR) is 121 cm³/mol. The molecule has 4 N–H and O–H groups in total. The second kappa shape index (κ2) is 11.8. The van der Waals surface area contributed by atoms with Gasteiger partial charge in [0.05, 0.1) is 13.2 Å². The van der Waals surface area contributed by atoms with Gasteiger partial charge in [0, 0.05) is 18.5 Å². The Morgan fingerprint density at radius 3 is 2.48 bits per heavy atom. The molecule has 0 radical (unpaired) electrons. The summed E-state index contributed by atoms with van der Waals surface area (Å²) >= 11 is 0. The van der Waals surface area contributed by atoms with Crippen LogP contribution in [0.25, 0.3) is 0 Å². The van der Waals surface area contributed by atoms with Crippen molar-refractivity contribution < 1.29 is 19.0 Å². The molecule has 170 valence electrons. The molecule has 0 aromatic heterocycles. The standard InChI is InChI=1S/C25H35FN2O3/c1-25(2,26)13-12-20(16-23(29)22(27)15-18-8-5-4-6-9-18)24(30)28-17-19-10-7-11-21(14-19)31-3/h4-11,14,20,22-23,29H,12-13,15-17,27H2,1-3H3,(H,28,30)/t20-,22+,23+/m1/s1. The number of benzene rings is 2. The van der Waals surface area contributed by atoms with Crippen LogP contribution in [0.4, 0.5) is 4.39 Å². The Hall–Kier alpha value is -2.44. The fourth-order valence-electron chi connectivity index (χ4n) is 3.48. The summed E-state index contributed by atoms with van der Waals surface area (Å²) in [7, 11) is 1.59. The maximum Gasteiger partial charge on any atom is 0.223 e. The smallest absolute Gasteiger partial charge is 0.223 e. The van der Waals surface area contributed by atoms with E-state index in [1.165, 1.54) is 13.8 Å². The Morgan fingerprint density at radius 2 is 1.84 bits per heavy atom. The first kappa shape index (κ1) is 24.8. The number of ether oxygens (including phenoxy) is 1. The van der Waals surface area contributed by atoms with Gasteiger partial charge in [0.2, 0.25) is 5.91 Å². The fraction of sp³-hybridized carbons (Fsp3) is 0.480. The number of aliphatic hydroxyl groups excluding tert-OH is 1. The summed E-state index contributed by atoms with van der Waals surface area (Å²) in [5.41, 5.74) is 6.75. The molecule has 6 heteroatoms. The molecule has 31 heavy (non-hydrogen) atoms. The number of carbonyl (C=O) groups is 1. The van der Waals surface area contributed by atoms with Crippen LogP contribution >= 0.6 is 0 Å². The zero-order valence-corrected chi connectivity index (χ0v) is 18.7. The highest BCUT2D eigenvalue weighted by Gasteiger charge is 2.28. The van der Waals surface area contributed by atoms with Gasteiger partial charge in [-0.05, 0) is 62.8 Å². The van der Waals surface area contributed by atoms with Gasteiger partial charge in [-0.15, -0.1) is 0 Å². The number of halogens is 1. The van der Waals surface area contributed by atoms with Gasteiger partial charge in [-0.25, -0.2) is 4.39 Å². The van der Waals surface area contributed by atoms with E-state index < -0.39 is 23.7 Å². The lowest BCUT2D eigenvalue weighted by molar-refractivity contribution is -0.126. The summed E-state index contributed by atoms with van der Waals surface area (Å²) in [5.74, 6) is -0.0275. The average molecular weight is 431 g/mol. The number of methoxy groups -OCH3 is 1.